The fraction of sp³-hybridized carbons (Fsp3) is 0.227. The molecule has 3 aromatic rings. The Kier molecular flexibility index (Phi) is 10.8. The number of hydrogen-bond donors (Lipinski definition) is 3. The van der Waals surface area contributed by atoms with Crippen LogP contribution in [0.2, 0.25) is 20.1 Å². The third kappa shape index (κ3) is 7.23. The molecule has 1 unspecified atom stereocenters. The van der Waals surface area contributed by atoms with Gasteiger partial charge < -0.3 is 10.4 Å². The van der Waals surface area contributed by atoms with Gasteiger partial charge in [0.1, 0.15) is 0 Å². The van der Waals surface area contributed by atoms with Crippen molar-refractivity contribution in [2.75, 3.05) is 16.4 Å². The van der Waals surface area contributed by atoms with Crippen molar-refractivity contribution in [1.82, 2.24) is 9.36 Å². The Bertz CT molecular complexity index is 1360. The van der Waals surface area contributed by atoms with Gasteiger partial charge in [-0.25, -0.2) is 4.79 Å². The van der Waals surface area contributed by atoms with Crippen molar-refractivity contribution in [3.8, 4) is 0 Å². The van der Waals surface area contributed by atoms with Gasteiger partial charge in [0, 0.05) is 22.1 Å². The van der Waals surface area contributed by atoms with Crippen LogP contribution in [0.25, 0.3) is 0 Å². The zero-order valence-electron chi connectivity index (χ0n) is 19.1. The van der Waals surface area contributed by atoms with Crippen LogP contribution in [0.15, 0.2) is 34.3 Å². The molecule has 0 saturated heterocycles. The molecule has 0 fully saturated rings. The van der Waals surface area contributed by atoms with Gasteiger partial charge in [0.25, 0.3) is 5.91 Å². The first-order chi connectivity index (χ1) is 17.6. The van der Waals surface area contributed by atoms with Crippen LogP contribution in [-0.2, 0) is 4.79 Å². The van der Waals surface area contributed by atoms with Gasteiger partial charge in [0.15, 0.2) is 0 Å². The van der Waals surface area contributed by atoms with E-state index in [4.69, 9.17) is 46.4 Å². The number of carboxylic acids is 1. The average Bonchev–Trinajstić information content (AvgIpc) is 3.29. The van der Waals surface area contributed by atoms with E-state index in [0.29, 0.717) is 27.3 Å². The molecule has 15 heteroatoms. The highest BCUT2D eigenvalue weighted by atomic mass is 35.5. The number of carbonyl (C=O) groups excluding carboxylic acids is 2. The molecular weight excluding hydrogens is 622 g/mol. The normalized spacial score (nSPS) is 11.7. The fourth-order valence-corrected chi connectivity index (χ4v) is 6.31. The molecule has 37 heavy (non-hydrogen) atoms. The number of carbonyl (C=O) groups is 3. The van der Waals surface area contributed by atoms with Crippen molar-refractivity contribution >= 4 is 110 Å². The first-order valence-corrected chi connectivity index (χ1v) is 14.7. The van der Waals surface area contributed by atoms with E-state index in [9.17, 15) is 19.5 Å². The molecule has 0 aliphatic carbocycles. The molecule has 2 aromatic carbocycles. The Morgan fingerprint density at radius 1 is 1.03 bits per heavy atom. The minimum Gasteiger partial charge on any atom is -0.478 e. The number of nitrogens with one attached hydrogen (secondary N) is 2. The fourth-order valence-electron chi connectivity index (χ4n) is 3.01. The maximum Gasteiger partial charge on any atom is 0.338 e. The smallest absolute Gasteiger partial charge is 0.338 e. The summed E-state index contributed by atoms with van der Waals surface area (Å²) in [5.41, 5.74) is -0.649. The predicted molar refractivity (Wildman–Crippen MR) is 153 cm³/mol. The summed E-state index contributed by atoms with van der Waals surface area (Å²) in [6.45, 7) is 3.87. The van der Waals surface area contributed by atoms with Crippen molar-refractivity contribution in [2.45, 2.75) is 35.6 Å². The minimum atomic E-state index is -1.49. The second kappa shape index (κ2) is 13.4. The quantitative estimate of drug-likeness (QED) is 0.117. The van der Waals surface area contributed by atoms with E-state index >= 15 is 0 Å². The van der Waals surface area contributed by atoms with Gasteiger partial charge in [0.2, 0.25) is 16.2 Å². The average molecular weight is 640 g/mol. The number of nitrogens with zero attached hydrogens (tertiary/aromatic N) is 2. The summed E-state index contributed by atoms with van der Waals surface area (Å²) in [7, 11) is 0. The Labute approximate surface area is 245 Å². The Hall–Kier alpha value is -1.73. The van der Waals surface area contributed by atoms with Crippen LogP contribution in [0.4, 0.5) is 10.8 Å². The molecule has 0 spiro atoms. The van der Waals surface area contributed by atoms with E-state index in [0.717, 1.165) is 17.3 Å². The summed E-state index contributed by atoms with van der Waals surface area (Å²) in [4.78, 5) is 42.6. The summed E-state index contributed by atoms with van der Waals surface area (Å²) in [5, 5.41) is 14.3. The molecule has 196 valence electrons. The number of rotatable bonds is 10. The molecule has 0 aliphatic rings. The minimum absolute atomic E-state index is 0.227. The van der Waals surface area contributed by atoms with Crippen LogP contribution >= 0.6 is 81.5 Å². The van der Waals surface area contributed by atoms with Crippen molar-refractivity contribution in [1.29, 1.82) is 0 Å². The largest absolute Gasteiger partial charge is 0.478 e. The van der Waals surface area contributed by atoms with E-state index in [2.05, 4.69) is 20.0 Å². The van der Waals surface area contributed by atoms with E-state index in [1.807, 2.05) is 13.8 Å². The maximum atomic E-state index is 13.0. The monoisotopic (exact) mass is 638 g/mol. The number of thioether (sulfide) groups is 2. The Morgan fingerprint density at radius 3 is 2.32 bits per heavy atom. The Balaban J connectivity index is 1.78. The molecule has 0 saturated carbocycles. The molecule has 0 aliphatic heterocycles. The summed E-state index contributed by atoms with van der Waals surface area (Å²) in [6.07, 6.45) is 0.530. The summed E-state index contributed by atoms with van der Waals surface area (Å²) < 4.78 is 4.19. The predicted octanol–water partition coefficient (Wildman–Crippen LogP) is 7.72. The van der Waals surface area contributed by atoms with E-state index in [-0.39, 0.29) is 21.0 Å². The van der Waals surface area contributed by atoms with Crippen LogP contribution in [-0.4, -0.2) is 43.3 Å². The number of amides is 2. The highest BCUT2D eigenvalue weighted by Gasteiger charge is 2.29. The molecule has 1 heterocycles. The van der Waals surface area contributed by atoms with Crippen molar-refractivity contribution < 1.29 is 19.5 Å². The highest BCUT2D eigenvalue weighted by molar-refractivity contribution is 8.00. The van der Waals surface area contributed by atoms with Gasteiger partial charge in [0.05, 0.1) is 36.5 Å². The molecule has 0 bridgehead atoms. The first-order valence-electron chi connectivity index (χ1n) is 10.5. The van der Waals surface area contributed by atoms with Crippen LogP contribution in [0.3, 0.4) is 0 Å². The zero-order chi connectivity index (χ0) is 27.3. The third-order valence-electron chi connectivity index (χ3n) is 4.65. The number of anilines is 2. The van der Waals surface area contributed by atoms with Gasteiger partial charge in [-0.2, -0.15) is 9.36 Å². The van der Waals surface area contributed by atoms with Crippen LogP contribution in [0, 0.1) is 0 Å². The zero-order valence-corrected chi connectivity index (χ0v) is 24.6. The lowest BCUT2D eigenvalue weighted by Gasteiger charge is -2.16. The van der Waals surface area contributed by atoms with Crippen molar-refractivity contribution in [3.63, 3.8) is 0 Å². The lowest BCUT2D eigenvalue weighted by atomic mass is 10.1. The number of aromatic nitrogens is 2. The lowest BCUT2D eigenvalue weighted by Crippen LogP contribution is -2.24. The summed E-state index contributed by atoms with van der Waals surface area (Å²) >= 11 is 28.1. The number of halogens is 4. The maximum absolute atomic E-state index is 13.0. The molecule has 0 radical (unpaired) electrons. The van der Waals surface area contributed by atoms with Crippen molar-refractivity contribution in [3.05, 3.63) is 55.5 Å². The van der Waals surface area contributed by atoms with E-state index in [1.54, 1.807) is 24.3 Å². The van der Waals surface area contributed by atoms with E-state index in [1.165, 1.54) is 23.5 Å². The first kappa shape index (κ1) is 29.8. The number of benzene rings is 2. The Morgan fingerprint density at radius 2 is 1.70 bits per heavy atom. The van der Waals surface area contributed by atoms with Gasteiger partial charge in [-0.3, -0.25) is 14.9 Å². The van der Waals surface area contributed by atoms with Gasteiger partial charge in [-0.05, 0) is 30.4 Å². The van der Waals surface area contributed by atoms with E-state index < -0.39 is 33.3 Å². The third-order valence-corrected chi connectivity index (χ3v) is 9.29. The summed E-state index contributed by atoms with van der Waals surface area (Å²) in [6, 6.07) is 6.71. The van der Waals surface area contributed by atoms with Gasteiger partial charge >= 0.3 is 5.97 Å². The van der Waals surface area contributed by atoms with Gasteiger partial charge in [-0.15, -0.1) is 11.8 Å². The van der Waals surface area contributed by atoms with Crippen molar-refractivity contribution in [2.24, 2.45) is 0 Å². The molecule has 2 amide bonds. The number of aromatic carboxylic acids is 1. The second-order valence-electron chi connectivity index (χ2n) is 7.11. The number of hydrogen-bond acceptors (Lipinski definition) is 8. The number of carboxylic acid groups (broad SMARTS) is 1. The molecule has 3 N–H and O–H groups in total. The standard InChI is InChI=1S/C22H18Cl4N4O4S3/c1-3-11(18(31)28-21-29-22(30-37-21)35-4-2)36-10-7-5-6-9(8-10)27-19(32)12-13(20(33)34)15(24)17(26)16(25)14(12)23/h5-8,11H,3-4H2,1-2H3,(H,27,32)(H,33,34)(H,28,29,30,31). The molecular formula is C22H18Cl4N4O4S3. The molecule has 1 aromatic heterocycles. The van der Waals surface area contributed by atoms with Crippen LogP contribution in [0.1, 0.15) is 41.0 Å². The molecule has 1 atom stereocenters. The molecule has 8 nitrogen and oxygen atoms in total. The lowest BCUT2D eigenvalue weighted by molar-refractivity contribution is -0.115. The highest BCUT2D eigenvalue weighted by Crippen LogP contribution is 2.42. The summed E-state index contributed by atoms with van der Waals surface area (Å²) in [5.74, 6) is -1.74. The van der Waals surface area contributed by atoms with Gasteiger partial charge in [-0.1, -0.05) is 78.1 Å². The topological polar surface area (TPSA) is 121 Å². The van der Waals surface area contributed by atoms with Crippen LogP contribution in [0.5, 0.6) is 0 Å². The second-order valence-corrected chi connectivity index (χ2v) is 11.9. The van der Waals surface area contributed by atoms with Crippen LogP contribution < -0.4 is 10.6 Å². The molecule has 3 rings (SSSR count). The SMILES string of the molecule is CCSc1nsc(NC(=O)C(CC)Sc2cccc(NC(=O)c3c(Cl)c(Cl)c(Cl)c(Cl)c3C(=O)O)c2)n1.